The number of benzene rings is 1. The number of carbonyl (C=O) groups is 2. The number of carboxylic acids is 1. The van der Waals surface area contributed by atoms with Crippen LogP contribution in [0.3, 0.4) is 0 Å². The molecule has 11 heteroatoms. The fraction of sp³-hybridized carbons (Fsp3) is 0.633. The molecule has 2 aromatic rings. The lowest BCUT2D eigenvalue weighted by Crippen LogP contribution is -2.45. The van der Waals surface area contributed by atoms with Crippen molar-refractivity contribution in [1.29, 1.82) is 0 Å². The number of aryl methyl sites for hydroxylation is 1. The Balaban J connectivity index is 1.60. The number of fused-ring (bicyclic) bond motifs is 1. The maximum absolute atomic E-state index is 13.8. The van der Waals surface area contributed by atoms with Gasteiger partial charge in [-0.05, 0) is 30.5 Å². The second-order valence-electron chi connectivity index (χ2n) is 12.0. The van der Waals surface area contributed by atoms with Crippen molar-refractivity contribution in [2.45, 2.75) is 51.0 Å². The molecule has 1 amide bonds. The molecule has 1 fully saturated rings. The van der Waals surface area contributed by atoms with Gasteiger partial charge in [0.15, 0.2) is 17.4 Å². The van der Waals surface area contributed by atoms with Gasteiger partial charge in [0.05, 0.1) is 53.5 Å². The monoisotopic (exact) mass is 573 g/mol. The number of amides is 1. The summed E-state index contributed by atoms with van der Waals surface area (Å²) in [6, 6.07) is 3.30. The van der Waals surface area contributed by atoms with Gasteiger partial charge >= 0.3 is 5.97 Å². The third-order valence-electron chi connectivity index (χ3n) is 8.01. The van der Waals surface area contributed by atoms with E-state index >= 15 is 0 Å². The Morgan fingerprint density at radius 3 is 2.63 bits per heavy atom. The first kappa shape index (κ1) is 30.6. The number of carboxylic acid groups (broad SMARTS) is 1. The summed E-state index contributed by atoms with van der Waals surface area (Å²) >= 11 is 0. The minimum absolute atomic E-state index is 0.0361. The molecule has 11 nitrogen and oxygen atoms in total. The number of aromatic nitrogens is 1. The van der Waals surface area contributed by atoms with Crippen LogP contribution >= 0.6 is 0 Å². The van der Waals surface area contributed by atoms with Crippen molar-refractivity contribution >= 4 is 11.9 Å². The number of carbonyl (C=O) groups excluding carboxylic acids is 1. The summed E-state index contributed by atoms with van der Waals surface area (Å²) in [7, 11) is 8.01. The molecule has 4 rings (SSSR count). The van der Waals surface area contributed by atoms with E-state index in [0.29, 0.717) is 55.6 Å². The molecule has 3 heterocycles. The van der Waals surface area contributed by atoms with Gasteiger partial charge in [0, 0.05) is 44.4 Å². The SMILES string of the molecule is CCCCN(CCC[N+](C)(C)C)C(=O)CN1CC(c2cc(OC)c3c(c2)OCO3)C(C(=O)O)C1CCc1ncco1. The van der Waals surface area contributed by atoms with E-state index in [-0.39, 0.29) is 31.2 Å². The van der Waals surface area contributed by atoms with Crippen molar-refractivity contribution < 1.29 is 37.8 Å². The van der Waals surface area contributed by atoms with Crippen LogP contribution in [0.2, 0.25) is 0 Å². The van der Waals surface area contributed by atoms with E-state index in [4.69, 9.17) is 18.6 Å². The van der Waals surface area contributed by atoms with Crippen LogP contribution in [0.5, 0.6) is 17.2 Å². The molecule has 1 aromatic carbocycles. The van der Waals surface area contributed by atoms with Gasteiger partial charge in [0.1, 0.15) is 6.26 Å². The van der Waals surface area contributed by atoms with E-state index < -0.39 is 11.9 Å². The lowest BCUT2D eigenvalue weighted by atomic mass is 9.83. The number of hydrogen-bond donors (Lipinski definition) is 1. The van der Waals surface area contributed by atoms with Crippen LogP contribution in [0.25, 0.3) is 0 Å². The third kappa shape index (κ3) is 7.71. The summed E-state index contributed by atoms with van der Waals surface area (Å²) in [4.78, 5) is 34.8. The number of nitrogens with zero attached hydrogens (tertiary/aromatic N) is 4. The Bertz CT molecular complexity index is 1160. The second-order valence-corrected chi connectivity index (χ2v) is 12.0. The second kappa shape index (κ2) is 13.6. The molecule has 2 aliphatic rings. The molecular weight excluding hydrogens is 528 g/mol. The van der Waals surface area contributed by atoms with Gasteiger partial charge in [0.25, 0.3) is 0 Å². The first-order valence-electron chi connectivity index (χ1n) is 14.5. The average Bonchev–Trinajstić information content (AvgIpc) is 3.68. The maximum atomic E-state index is 13.8. The molecule has 3 atom stereocenters. The number of likely N-dealkylation sites (tertiary alicyclic amines) is 1. The topological polar surface area (TPSA) is 115 Å². The molecule has 1 N–H and O–H groups in total. The normalized spacial score (nSPS) is 20.4. The van der Waals surface area contributed by atoms with Crippen molar-refractivity contribution in [3.8, 4) is 17.2 Å². The Morgan fingerprint density at radius 2 is 1.98 bits per heavy atom. The number of oxazole rings is 1. The van der Waals surface area contributed by atoms with Crippen LogP contribution in [-0.4, -0.2) is 110 Å². The summed E-state index contributed by atoms with van der Waals surface area (Å²) in [5, 5.41) is 10.5. The number of aliphatic carboxylic acids is 1. The van der Waals surface area contributed by atoms with E-state index in [1.54, 1.807) is 13.3 Å². The molecule has 1 saturated heterocycles. The van der Waals surface area contributed by atoms with Crippen molar-refractivity contribution in [1.82, 2.24) is 14.8 Å². The van der Waals surface area contributed by atoms with Gasteiger partial charge < -0.3 is 33.1 Å². The number of ether oxygens (including phenoxy) is 3. The van der Waals surface area contributed by atoms with Gasteiger partial charge in [-0.1, -0.05) is 13.3 Å². The predicted octanol–water partition coefficient (Wildman–Crippen LogP) is 3.24. The quantitative estimate of drug-likeness (QED) is 0.321. The number of methoxy groups -OCH3 is 1. The number of unbranched alkanes of at least 4 members (excludes halogenated alkanes) is 1. The summed E-state index contributed by atoms with van der Waals surface area (Å²) in [5.74, 6) is 0.141. The van der Waals surface area contributed by atoms with E-state index in [1.165, 1.54) is 6.26 Å². The Kier molecular flexibility index (Phi) is 10.1. The van der Waals surface area contributed by atoms with Crippen LogP contribution in [0, 0.1) is 5.92 Å². The number of hydrogen-bond acceptors (Lipinski definition) is 8. The maximum Gasteiger partial charge on any atom is 0.308 e. The smallest absolute Gasteiger partial charge is 0.308 e. The van der Waals surface area contributed by atoms with Crippen LogP contribution in [0.1, 0.15) is 50.0 Å². The standard InChI is InChI=1S/C30H44N4O7/c1-6-7-12-32(13-8-14-34(2,3)4)27(35)19-33-18-22(21-16-24(38-5)29-25(17-21)40-20-41-29)28(30(36)37)23(33)9-10-26-31-11-15-39-26/h11,15-17,22-23,28H,6-10,12-14,18-20H2,1-5H3/p+1. The Morgan fingerprint density at radius 1 is 1.20 bits per heavy atom. The molecule has 41 heavy (non-hydrogen) atoms. The van der Waals surface area contributed by atoms with Crippen molar-refractivity contribution in [3.05, 3.63) is 36.0 Å². The minimum Gasteiger partial charge on any atom is -0.493 e. The zero-order valence-electron chi connectivity index (χ0n) is 25.0. The summed E-state index contributed by atoms with van der Waals surface area (Å²) in [6.45, 7) is 5.14. The highest BCUT2D eigenvalue weighted by atomic mass is 16.7. The molecule has 0 saturated carbocycles. The molecule has 0 spiro atoms. The first-order chi connectivity index (χ1) is 19.6. The fourth-order valence-electron chi connectivity index (χ4n) is 5.92. The van der Waals surface area contributed by atoms with Crippen molar-refractivity contribution in [2.24, 2.45) is 5.92 Å². The molecule has 0 bridgehead atoms. The Hall–Kier alpha value is -3.31. The predicted molar refractivity (Wildman–Crippen MR) is 152 cm³/mol. The highest BCUT2D eigenvalue weighted by molar-refractivity contribution is 5.79. The van der Waals surface area contributed by atoms with Gasteiger partial charge in [-0.25, -0.2) is 4.98 Å². The molecule has 226 valence electrons. The van der Waals surface area contributed by atoms with Gasteiger partial charge in [-0.2, -0.15) is 0 Å². The van der Waals surface area contributed by atoms with Gasteiger partial charge in [-0.3, -0.25) is 14.5 Å². The summed E-state index contributed by atoms with van der Waals surface area (Å²) in [6.07, 6.45) is 6.92. The fourth-order valence-corrected chi connectivity index (χ4v) is 5.92. The summed E-state index contributed by atoms with van der Waals surface area (Å²) in [5.41, 5.74) is 0.792. The van der Waals surface area contributed by atoms with Crippen LogP contribution < -0.4 is 14.2 Å². The third-order valence-corrected chi connectivity index (χ3v) is 8.01. The zero-order chi connectivity index (χ0) is 29.6. The molecular formula is C30H45N4O7+. The first-order valence-corrected chi connectivity index (χ1v) is 14.5. The molecule has 1 aromatic heterocycles. The molecule has 0 radical (unpaired) electrons. The van der Waals surface area contributed by atoms with Crippen LogP contribution in [0.15, 0.2) is 29.0 Å². The van der Waals surface area contributed by atoms with E-state index in [0.717, 1.165) is 35.9 Å². The lowest BCUT2D eigenvalue weighted by Gasteiger charge is -2.30. The minimum atomic E-state index is -0.898. The zero-order valence-corrected chi connectivity index (χ0v) is 25.0. The molecule has 0 aliphatic carbocycles. The molecule has 3 unspecified atom stereocenters. The highest BCUT2D eigenvalue weighted by Crippen LogP contribution is 2.47. The van der Waals surface area contributed by atoms with E-state index in [1.807, 2.05) is 21.9 Å². The van der Waals surface area contributed by atoms with Crippen molar-refractivity contribution in [2.75, 3.05) is 67.8 Å². The van der Waals surface area contributed by atoms with E-state index in [2.05, 4.69) is 33.1 Å². The van der Waals surface area contributed by atoms with Crippen molar-refractivity contribution in [3.63, 3.8) is 0 Å². The van der Waals surface area contributed by atoms with Crippen LogP contribution in [-0.2, 0) is 16.0 Å². The summed E-state index contributed by atoms with van der Waals surface area (Å²) < 4.78 is 23.0. The largest absolute Gasteiger partial charge is 0.493 e. The van der Waals surface area contributed by atoms with E-state index in [9.17, 15) is 14.7 Å². The highest BCUT2D eigenvalue weighted by Gasteiger charge is 2.47. The van der Waals surface area contributed by atoms with Gasteiger partial charge in [0.2, 0.25) is 18.4 Å². The number of quaternary nitrogens is 1. The average molecular weight is 574 g/mol. The molecule has 2 aliphatic heterocycles. The Labute approximate surface area is 242 Å². The van der Waals surface area contributed by atoms with Gasteiger partial charge in [-0.15, -0.1) is 0 Å². The number of rotatable bonds is 15. The van der Waals surface area contributed by atoms with Crippen LogP contribution in [0.4, 0.5) is 0 Å². The lowest BCUT2D eigenvalue weighted by molar-refractivity contribution is -0.870.